The summed E-state index contributed by atoms with van der Waals surface area (Å²) in [5.41, 5.74) is 7.77. The summed E-state index contributed by atoms with van der Waals surface area (Å²) in [6.45, 7) is 7.84. The van der Waals surface area contributed by atoms with Crippen LogP contribution in [0.2, 0.25) is 0 Å². The molecular formula is C14H22BrN3O. The monoisotopic (exact) mass is 327 g/mol. The number of halogens is 1. The van der Waals surface area contributed by atoms with Gasteiger partial charge in [0.05, 0.1) is 6.54 Å². The van der Waals surface area contributed by atoms with Crippen LogP contribution in [0.15, 0.2) is 22.7 Å². The highest BCUT2D eigenvalue weighted by Gasteiger charge is 2.11. The number of nitrogen functional groups attached to an aromatic ring is 1. The van der Waals surface area contributed by atoms with E-state index in [4.69, 9.17) is 5.73 Å². The highest BCUT2D eigenvalue weighted by molar-refractivity contribution is 9.10. The summed E-state index contributed by atoms with van der Waals surface area (Å²) in [5.74, 6) is 0.0486. The van der Waals surface area contributed by atoms with Crippen LogP contribution in [0.5, 0.6) is 0 Å². The first-order valence-corrected chi connectivity index (χ1v) is 7.27. The molecule has 0 spiro atoms. The number of likely N-dealkylation sites (N-methyl/N-ethyl adjacent to an activating group) is 1. The minimum absolute atomic E-state index is 0.0486. The van der Waals surface area contributed by atoms with Crippen LogP contribution >= 0.6 is 15.9 Å². The Morgan fingerprint density at radius 2 is 2.16 bits per heavy atom. The summed E-state index contributed by atoms with van der Waals surface area (Å²) >= 11 is 3.39. The molecule has 19 heavy (non-hydrogen) atoms. The maximum absolute atomic E-state index is 11.8. The second-order valence-corrected chi connectivity index (χ2v) is 5.78. The Hall–Kier alpha value is -1.07. The molecule has 0 heterocycles. The molecule has 0 fully saturated rings. The molecule has 0 radical (unpaired) electrons. The normalized spacial score (nSPS) is 11.1. The van der Waals surface area contributed by atoms with Gasteiger partial charge in [0, 0.05) is 22.7 Å². The summed E-state index contributed by atoms with van der Waals surface area (Å²) in [6.07, 6.45) is 0. The van der Waals surface area contributed by atoms with Crippen LogP contribution in [0.4, 0.5) is 5.69 Å². The van der Waals surface area contributed by atoms with Gasteiger partial charge in [0.1, 0.15) is 0 Å². The van der Waals surface area contributed by atoms with Gasteiger partial charge in [0.2, 0.25) is 5.91 Å². The predicted molar refractivity (Wildman–Crippen MR) is 82.8 cm³/mol. The maximum atomic E-state index is 11.8. The molecule has 0 aliphatic rings. The quantitative estimate of drug-likeness (QED) is 0.788. The van der Waals surface area contributed by atoms with Crippen LogP contribution in [-0.4, -0.2) is 29.9 Å². The highest BCUT2D eigenvalue weighted by atomic mass is 79.9. The molecule has 1 amide bonds. The first-order chi connectivity index (χ1) is 8.92. The van der Waals surface area contributed by atoms with Crippen molar-refractivity contribution in [1.29, 1.82) is 0 Å². The summed E-state index contributed by atoms with van der Waals surface area (Å²) < 4.78 is 0.967. The lowest BCUT2D eigenvalue weighted by Gasteiger charge is -2.21. The van der Waals surface area contributed by atoms with Gasteiger partial charge in [0.25, 0.3) is 0 Å². The van der Waals surface area contributed by atoms with Crippen molar-refractivity contribution in [2.24, 2.45) is 0 Å². The topological polar surface area (TPSA) is 58.4 Å². The van der Waals surface area contributed by atoms with Gasteiger partial charge in [-0.05, 0) is 38.1 Å². The number of benzene rings is 1. The van der Waals surface area contributed by atoms with Gasteiger partial charge in [-0.1, -0.05) is 28.9 Å². The van der Waals surface area contributed by atoms with Crippen molar-refractivity contribution < 1.29 is 4.79 Å². The van der Waals surface area contributed by atoms with Gasteiger partial charge in [-0.25, -0.2) is 0 Å². The van der Waals surface area contributed by atoms with Crippen molar-refractivity contribution in [1.82, 2.24) is 10.2 Å². The molecule has 0 atom stereocenters. The Bertz CT molecular complexity index is 435. The molecule has 0 aliphatic heterocycles. The molecular weight excluding hydrogens is 306 g/mol. The van der Waals surface area contributed by atoms with E-state index in [0.29, 0.717) is 13.1 Å². The summed E-state index contributed by atoms with van der Waals surface area (Å²) in [4.78, 5) is 13.8. The van der Waals surface area contributed by atoms with Gasteiger partial charge in [-0.15, -0.1) is 0 Å². The van der Waals surface area contributed by atoms with Gasteiger partial charge in [-0.2, -0.15) is 0 Å². The molecule has 106 valence electrons. The third-order valence-electron chi connectivity index (χ3n) is 2.77. The van der Waals surface area contributed by atoms with Crippen molar-refractivity contribution in [3.63, 3.8) is 0 Å². The van der Waals surface area contributed by atoms with Gasteiger partial charge in [-0.3, -0.25) is 9.69 Å². The van der Waals surface area contributed by atoms with E-state index in [1.165, 1.54) is 0 Å². The number of nitrogens with one attached hydrogen (secondary N) is 1. The van der Waals surface area contributed by atoms with E-state index in [9.17, 15) is 4.79 Å². The Morgan fingerprint density at radius 3 is 2.68 bits per heavy atom. The van der Waals surface area contributed by atoms with E-state index >= 15 is 0 Å². The lowest BCUT2D eigenvalue weighted by molar-refractivity contribution is -0.122. The third-order valence-corrected chi connectivity index (χ3v) is 3.26. The molecule has 0 saturated heterocycles. The Kier molecular flexibility index (Phi) is 6.31. The van der Waals surface area contributed by atoms with E-state index in [1.54, 1.807) is 0 Å². The number of carbonyl (C=O) groups excluding carboxylic acids is 1. The van der Waals surface area contributed by atoms with Crippen LogP contribution < -0.4 is 11.1 Å². The van der Waals surface area contributed by atoms with Crippen molar-refractivity contribution >= 4 is 27.5 Å². The Labute approximate surface area is 123 Å². The van der Waals surface area contributed by atoms with Crippen molar-refractivity contribution in [3.05, 3.63) is 28.2 Å². The van der Waals surface area contributed by atoms with Crippen molar-refractivity contribution in [3.8, 4) is 0 Å². The molecule has 0 bridgehead atoms. The minimum atomic E-state index is 0.0486. The molecule has 1 rings (SSSR count). The molecule has 4 nitrogen and oxygen atoms in total. The molecule has 3 N–H and O–H groups in total. The number of carbonyl (C=O) groups is 1. The van der Waals surface area contributed by atoms with Crippen molar-refractivity contribution in [2.45, 2.75) is 33.4 Å². The van der Waals surface area contributed by atoms with Crippen LogP contribution in [0.3, 0.4) is 0 Å². The van der Waals surface area contributed by atoms with E-state index < -0.39 is 0 Å². The molecule has 1 aromatic carbocycles. The zero-order valence-electron chi connectivity index (χ0n) is 11.7. The van der Waals surface area contributed by atoms with Crippen LogP contribution in [0.1, 0.15) is 26.3 Å². The van der Waals surface area contributed by atoms with E-state index in [0.717, 1.165) is 22.3 Å². The smallest absolute Gasteiger partial charge is 0.234 e. The second kappa shape index (κ2) is 7.50. The van der Waals surface area contributed by atoms with E-state index in [-0.39, 0.29) is 11.9 Å². The highest BCUT2D eigenvalue weighted by Crippen LogP contribution is 2.19. The molecule has 0 unspecified atom stereocenters. The third kappa shape index (κ3) is 5.61. The first-order valence-electron chi connectivity index (χ1n) is 6.48. The average Bonchev–Trinajstić information content (AvgIpc) is 2.30. The van der Waals surface area contributed by atoms with E-state index in [1.807, 2.05) is 39.0 Å². The summed E-state index contributed by atoms with van der Waals surface area (Å²) in [5, 5.41) is 2.90. The lowest BCUT2D eigenvalue weighted by Crippen LogP contribution is -2.39. The fourth-order valence-electron chi connectivity index (χ4n) is 1.80. The molecule has 0 saturated carbocycles. The lowest BCUT2D eigenvalue weighted by atomic mass is 10.1. The second-order valence-electron chi connectivity index (χ2n) is 4.87. The maximum Gasteiger partial charge on any atom is 0.234 e. The number of nitrogens with zero attached hydrogens (tertiary/aromatic N) is 1. The Morgan fingerprint density at radius 1 is 1.47 bits per heavy atom. The van der Waals surface area contributed by atoms with E-state index in [2.05, 4.69) is 26.1 Å². The molecule has 1 aromatic rings. The number of hydrogen-bond donors (Lipinski definition) is 2. The van der Waals surface area contributed by atoms with Crippen LogP contribution in [-0.2, 0) is 11.3 Å². The summed E-state index contributed by atoms with van der Waals surface area (Å²) in [6, 6.07) is 6.01. The summed E-state index contributed by atoms with van der Waals surface area (Å²) in [7, 11) is 0. The largest absolute Gasteiger partial charge is 0.398 e. The standard InChI is InChI=1S/C14H22BrN3O/c1-4-18(9-14(19)17-10(2)3)8-11-5-6-12(15)7-13(11)16/h5-7,10H,4,8-9,16H2,1-3H3,(H,17,19). The average molecular weight is 328 g/mol. The Balaban J connectivity index is 2.63. The van der Waals surface area contributed by atoms with Gasteiger partial charge < -0.3 is 11.1 Å². The van der Waals surface area contributed by atoms with Crippen LogP contribution in [0, 0.1) is 0 Å². The zero-order chi connectivity index (χ0) is 14.4. The van der Waals surface area contributed by atoms with Gasteiger partial charge in [0.15, 0.2) is 0 Å². The number of anilines is 1. The minimum Gasteiger partial charge on any atom is -0.398 e. The molecule has 5 heteroatoms. The molecule has 0 aromatic heterocycles. The number of nitrogens with two attached hydrogens (primary N) is 1. The number of amides is 1. The first kappa shape index (κ1) is 16.0. The molecule has 0 aliphatic carbocycles. The fourth-order valence-corrected chi connectivity index (χ4v) is 2.18. The SMILES string of the molecule is CCN(CC(=O)NC(C)C)Cc1ccc(Br)cc1N. The predicted octanol–water partition coefficient (Wildman–Crippen LogP) is 2.38. The van der Waals surface area contributed by atoms with Crippen LogP contribution in [0.25, 0.3) is 0 Å². The zero-order valence-corrected chi connectivity index (χ0v) is 13.3. The number of hydrogen-bond acceptors (Lipinski definition) is 3. The van der Waals surface area contributed by atoms with Gasteiger partial charge >= 0.3 is 0 Å². The fraction of sp³-hybridized carbons (Fsp3) is 0.500. The van der Waals surface area contributed by atoms with Crippen molar-refractivity contribution in [2.75, 3.05) is 18.8 Å². The number of rotatable bonds is 6.